The minimum Gasteiger partial charge on any atom is -0.465 e. The molecule has 2 unspecified atom stereocenters. The zero-order chi connectivity index (χ0) is 20.0. The van der Waals surface area contributed by atoms with Gasteiger partial charge in [0.15, 0.2) is 6.29 Å². The van der Waals surface area contributed by atoms with E-state index in [1.165, 1.54) is 31.2 Å². The molecule has 0 spiro atoms. The van der Waals surface area contributed by atoms with Crippen LogP contribution in [0.25, 0.3) is 0 Å². The molecule has 27 heavy (non-hydrogen) atoms. The van der Waals surface area contributed by atoms with Crippen LogP contribution >= 0.6 is 0 Å². The van der Waals surface area contributed by atoms with Gasteiger partial charge in [0.1, 0.15) is 5.75 Å². The molecular formula is C25H42O2. The van der Waals surface area contributed by atoms with E-state index in [0.717, 1.165) is 24.7 Å². The predicted octanol–water partition coefficient (Wildman–Crippen LogP) is 7.43. The third-order valence-electron chi connectivity index (χ3n) is 6.09. The van der Waals surface area contributed by atoms with Gasteiger partial charge in [-0.1, -0.05) is 73.4 Å². The standard InChI is InChI=1S/C25H42O2/c1-8-23(26-17-20-11-9-19(4)10-12-20)27-22-15-13-21(14-16-22)24(18(2)3)25(5,6)7/h13-16,18-20,23-24H,8-12,17H2,1-7H3. The lowest BCUT2D eigenvalue weighted by Crippen LogP contribution is -2.25. The second-order valence-corrected chi connectivity index (χ2v) is 10.1. The Kier molecular flexibility index (Phi) is 8.21. The summed E-state index contributed by atoms with van der Waals surface area (Å²) in [5, 5.41) is 0. The number of rotatable bonds is 8. The minimum absolute atomic E-state index is 0.140. The van der Waals surface area contributed by atoms with Gasteiger partial charge in [0.25, 0.3) is 0 Å². The highest BCUT2D eigenvalue weighted by atomic mass is 16.7. The molecular weight excluding hydrogens is 332 g/mol. The van der Waals surface area contributed by atoms with Gasteiger partial charge >= 0.3 is 0 Å². The van der Waals surface area contributed by atoms with Crippen LogP contribution in [0.2, 0.25) is 0 Å². The van der Waals surface area contributed by atoms with E-state index in [2.05, 4.69) is 72.7 Å². The molecule has 1 aliphatic carbocycles. The van der Waals surface area contributed by atoms with Crippen LogP contribution in [0.5, 0.6) is 5.75 Å². The van der Waals surface area contributed by atoms with Gasteiger partial charge in [-0.2, -0.15) is 0 Å². The molecule has 2 rings (SSSR count). The molecule has 1 saturated carbocycles. The van der Waals surface area contributed by atoms with Crippen molar-refractivity contribution in [3.05, 3.63) is 29.8 Å². The van der Waals surface area contributed by atoms with Crippen molar-refractivity contribution >= 4 is 0 Å². The maximum Gasteiger partial charge on any atom is 0.199 e. The van der Waals surface area contributed by atoms with E-state index in [0.29, 0.717) is 17.8 Å². The first-order valence-corrected chi connectivity index (χ1v) is 11.1. The number of benzene rings is 1. The van der Waals surface area contributed by atoms with Crippen molar-refractivity contribution in [2.45, 2.75) is 92.8 Å². The van der Waals surface area contributed by atoms with Crippen LogP contribution in [0.15, 0.2) is 24.3 Å². The lowest BCUT2D eigenvalue weighted by molar-refractivity contribution is -0.0966. The van der Waals surface area contributed by atoms with Crippen molar-refractivity contribution in [1.82, 2.24) is 0 Å². The summed E-state index contributed by atoms with van der Waals surface area (Å²) >= 11 is 0. The summed E-state index contributed by atoms with van der Waals surface area (Å²) in [5.74, 6) is 3.67. The van der Waals surface area contributed by atoms with Crippen molar-refractivity contribution < 1.29 is 9.47 Å². The van der Waals surface area contributed by atoms with Gasteiger partial charge in [-0.3, -0.25) is 0 Å². The summed E-state index contributed by atoms with van der Waals surface area (Å²) in [4.78, 5) is 0. The summed E-state index contributed by atoms with van der Waals surface area (Å²) in [6, 6.07) is 8.70. The zero-order valence-electron chi connectivity index (χ0n) is 18.8. The van der Waals surface area contributed by atoms with Gasteiger partial charge in [0.05, 0.1) is 6.61 Å². The molecule has 2 nitrogen and oxygen atoms in total. The van der Waals surface area contributed by atoms with Crippen LogP contribution in [-0.2, 0) is 4.74 Å². The second kappa shape index (κ2) is 9.96. The Bertz CT molecular complexity index is 532. The number of hydrogen-bond acceptors (Lipinski definition) is 2. The van der Waals surface area contributed by atoms with Gasteiger partial charge in [0, 0.05) is 6.42 Å². The van der Waals surface area contributed by atoms with Crippen LogP contribution in [0.1, 0.15) is 92.1 Å². The van der Waals surface area contributed by atoms with Crippen LogP contribution in [-0.4, -0.2) is 12.9 Å². The lowest BCUT2D eigenvalue weighted by atomic mass is 9.70. The monoisotopic (exact) mass is 374 g/mol. The molecule has 154 valence electrons. The molecule has 0 aromatic heterocycles. The second-order valence-electron chi connectivity index (χ2n) is 10.1. The maximum absolute atomic E-state index is 6.13. The van der Waals surface area contributed by atoms with E-state index in [4.69, 9.17) is 9.47 Å². The molecule has 1 aromatic carbocycles. The molecule has 0 amide bonds. The molecule has 0 radical (unpaired) electrons. The van der Waals surface area contributed by atoms with Crippen molar-refractivity contribution in [2.24, 2.45) is 23.2 Å². The van der Waals surface area contributed by atoms with E-state index in [9.17, 15) is 0 Å². The van der Waals surface area contributed by atoms with Crippen LogP contribution < -0.4 is 4.74 Å². The van der Waals surface area contributed by atoms with Gasteiger partial charge in [-0.15, -0.1) is 0 Å². The van der Waals surface area contributed by atoms with E-state index in [1.807, 2.05) is 0 Å². The Morgan fingerprint density at radius 3 is 2.07 bits per heavy atom. The predicted molar refractivity (Wildman–Crippen MR) is 115 cm³/mol. The summed E-state index contributed by atoms with van der Waals surface area (Å²) < 4.78 is 12.3. The third-order valence-corrected chi connectivity index (χ3v) is 6.09. The highest BCUT2D eigenvalue weighted by molar-refractivity contribution is 5.30. The third kappa shape index (κ3) is 6.82. The summed E-state index contributed by atoms with van der Waals surface area (Å²) in [6.07, 6.45) is 6.03. The van der Waals surface area contributed by atoms with Gasteiger partial charge in [-0.25, -0.2) is 0 Å². The normalized spacial score (nSPS) is 23.3. The molecule has 2 atom stereocenters. The topological polar surface area (TPSA) is 18.5 Å². The molecule has 0 aliphatic heterocycles. The Labute approximate surface area is 168 Å². The summed E-state index contributed by atoms with van der Waals surface area (Å²) in [5.41, 5.74) is 1.65. The fourth-order valence-corrected chi connectivity index (χ4v) is 4.76. The average Bonchev–Trinajstić information content (AvgIpc) is 2.60. The highest BCUT2D eigenvalue weighted by Gasteiger charge is 2.29. The SMILES string of the molecule is CCC(OCC1CCC(C)CC1)Oc1ccc(C(C(C)C)C(C)(C)C)cc1. The summed E-state index contributed by atoms with van der Waals surface area (Å²) in [6.45, 7) is 16.9. The average molecular weight is 375 g/mol. The fraction of sp³-hybridized carbons (Fsp3) is 0.760. The van der Waals surface area contributed by atoms with Crippen molar-refractivity contribution in [3.63, 3.8) is 0 Å². The maximum atomic E-state index is 6.13. The first-order valence-electron chi connectivity index (χ1n) is 11.1. The zero-order valence-corrected chi connectivity index (χ0v) is 18.8. The first-order chi connectivity index (χ1) is 12.7. The number of ether oxygens (including phenoxy) is 2. The van der Waals surface area contributed by atoms with Crippen LogP contribution in [0.3, 0.4) is 0 Å². The van der Waals surface area contributed by atoms with Crippen molar-refractivity contribution in [1.29, 1.82) is 0 Å². The molecule has 1 fully saturated rings. The van der Waals surface area contributed by atoms with Gasteiger partial charge < -0.3 is 9.47 Å². The Balaban J connectivity index is 1.91. The van der Waals surface area contributed by atoms with E-state index in [-0.39, 0.29) is 11.7 Å². The van der Waals surface area contributed by atoms with E-state index >= 15 is 0 Å². The highest BCUT2D eigenvalue weighted by Crippen LogP contribution is 2.41. The van der Waals surface area contributed by atoms with E-state index in [1.54, 1.807) is 0 Å². The molecule has 0 heterocycles. The fourth-order valence-electron chi connectivity index (χ4n) is 4.76. The molecule has 1 aromatic rings. The Morgan fingerprint density at radius 1 is 1.00 bits per heavy atom. The van der Waals surface area contributed by atoms with Gasteiger partial charge in [-0.05, 0) is 59.6 Å². The van der Waals surface area contributed by atoms with Crippen LogP contribution in [0.4, 0.5) is 0 Å². The Morgan fingerprint density at radius 2 is 1.59 bits per heavy atom. The number of hydrogen-bond donors (Lipinski definition) is 0. The van der Waals surface area contributed by atoms with Crippen molar-refractivity contribution in [3.8, 4) is 5.75 Å². The van der Waals surface area contributed by atoms with E-state index < -0.39 is 0 Å². The lowest BCUT2D eigenvalue weighted by Gasteiger charge is -2.34. The molecule has 2 heteroatoms. The molecule has 0 saturated heterocycles. The smallest absolute Gasteiger partial charge is 0.199 e. The molecule has 1 aliphatic rings. The molecule has 0 N–H and O–H groups in total. The molecule has 0 bridgehead atoms. The van der Waals surface area contributed by atoms with Crippen molar-refractivity contribution in [2.75, 3.05) is 6.61 Å². The minimum atomic E-state index is -0.140. The summed E-state index contributed by atoms with van der Waals surface area (Å²) in [7, 11) is 0. The quantitative estimate of drug-likeness (QED) is 0.440. The van der Waals surface area contributed by atoms with Crippen LogP contribution in [0, 0.1) is 23.2 Å². The Hall–Kier alpha value is -1.02. The largest absolute Gasteiger partial charge is 0.465 e. The van der Waals surface area contributed by atoms with Gasteiger partial charge in [0.2, 0.25) is 0 Å². The first kappa shape index (κ1) is 22.3.